The van der Waals surface area contributed by atoms with E-state index in [4.69, 9.17) is 14.2 Å². The van der Waals surface area contributed by atoms with Crippen molar-refractivity contribution < 1.29 is 36.8 Å². The molecule has 0 aromatic carbocycles. The molecule has 1 aliphatic heterocycles. The molecule has 1 heterocycles. The fraction of sp³-hybridized carbons (Fsp3) is 0.867. The van der Waals surface area contributed by atoms with Crippen molar-refractivity contribution in [3.8, 4) is 0 Å². The van der Waals surface area contributed by atoms with Crippen molar-refractivity contribution in [1.29, 1.82) is 0 Å². The van der Waals surface area contributed by atoms with E-state index in [2.05, 4.69) is 0 Å². The van der Waals surface area contributed by atoms with Gasteiger partial charge in [0.2, 0.25) is 5.44 Å². The highest BCUT2D eigenvalue weighted by atomic mass is 32.2. The molecule has 4 rings (SSSR count). The van der Waals surface area contributed by atoms with Crippen LogP contribution in [-0.4, -0.2) is 42.7 Å². The summed E-state index contributed by atoms with van der Waals surface area (Å²) in [7, 11) is -4.52. The molecule has 1 saturated heterocycles. The van der Waals surface area contributed by atoms with E-state index in [-0.39, 0.29) is 23.7 Å². The van der Waals surface area contributed by atoms with Crippen molar-refractivity contribution in [3.63, 3.8) is 0 Å². The molecule has 0 radical (unpaired) electrons. The lowest BCUT2D eigenvalue weighted by Crippen LogP contribution is -2.39. The van der Waals surface area contributed by atoms with Crippen molar-refractivity contribution in [3.05, 3.63) is 0 Å². The minimum atomic E-state index is -4.52. The smallest absolute Gasteiger partial charge is 0.458 e. The fourth-order valence-electron chi connectivity index (χ4n) is 4.93. The van der Waals surface area contributed by atoms with Crippen LogP contribution in [0.5, 0.6) is 0 Å². The number of hydrogen-bond acceptors (Lipinski definition) is 7. The Balaban J connectivity index is 1.42. The Labute approximate surface area is 139 Å². The Hall–Kier alpha value is -1.35. The van der Waals surface area contributed by atoms with E-state index < -0.39 is 39.8 Å². The molecule has 2 bridgehead atoms. The molecular formula is C15H20O8S. The summed E-state index contributed by atoms with van der Waals surface area (Å²) in [5.74, 6) is -0.637. The minimum Gasteiger partial charge on any atom is -0.458 e. The van der Waals surface area contributed by atoms with E-state index in [0.717, 1.165) is 19.3 Å². The topological polar surface area (TPSA) is 116 Å². The van der Waals surface area contributed by atoms with Crippen molar-refractivity contribution in [2.45, 2.75) is 56.2 Å². The van der Waals surface area contributed by atoms with Crippen LogP contribution in [0.1, 0.15) is 38.5 Å². The molecule has 9 heteroatoms. The molecule has 24 heavy (non-hydrogen) atoms. The highest BCUT2D eigenvalue weighted by Gasteiger charge is 2.63. The summed E-state index contributed by atoms with van der Waals surface area (Å²) in [5.41, 5.74) is -1.59. The molecule has 0 spiro atoms. The Morgan fingerprint density at radius 2 is 1.96 bits per heavy atom. The van der Waals surface area contributed by atoms with E-state index in [1.54, 1.807) is 0 Å². The van der Waals surface area contributed by atoms with Gasteiger partial charge in [0.1, 0.15) is 12.2 Å². The third-order valence-electron chi connectivity index (χ3n) is 5.94. The van der Waals surface area contributed by atoms with Crippen LogP contribution >= 0.6 is 0 Å². The van der Waals surface area contributed by atoms with Crippen LogP contribution in [0.25, 0.3) is 0 Å². The van der Waals surface area contributed by atoms with Crippen molar-refractivity contribution in [1.82, 2.24) is 0 Å². The van der Waals surface area contributed by atoms with Gasteiger partial charge >= 0.3 is 22.2 Å². The largest absolute Gasteiger partial charge is 0.510 e. The molecule has 6 atom stereocenters. The van der Waals surface area contributed by atoms with Gasteiger partial charge in [-0.05, 0) is 25.7 Å². The molecule has 0 amide bonds. The van der Waals surface area contributed by atoms with Crippen molar-refractivity contribution in [2.24, 2.45) is 23.7 Å². The lowest BCUT2D eigenvalue weighted by Gasteiger charge is -2.26. The molecule has 3 saturated carbocycles. The van der Waals surface area contributed by atoms with Gasteiger partial charge in [-0.3, -0.25) is 9.35 Å². The first-order valence-electron chi connectivity index (χ1n) is 8.38. The summed E-state index contributed by atoms with van der Waals surface area (Å²) >= 11 is 0. The number of carbonyl (C=O) groups is 2. The first-order valence-corrected chi connectivity index (χ1v) is 9.89. The molecule has 134 valence electrons. The molecule has 1 N–H and O–H groups in total. The van der Waals surface area contributed by atoms with Crippen molar-refractivity contribution >= 4 is 22.2 Å². The van der Waals surface area contributed by atoms with E-state index in [1.165, 1.54) is 0 Å². The van der Waals surface area contributed by atoms with E-state index in [1.807, 2.05) is 0 Å². The summed E-state index contributed by atoms with van der Waals surface area (Å²) in [5, 5.41) is 0. The minimum absolute atomic E-state index is 0.0414. The number of rotatable bonds is 4. The lowest BCUT2D eigenvalue weighted by molar-refractivity contribution is -0.146. The summed E-state index contributed by atoms with van der Waals surface area (Å²) in [6.45, 7) is 0. The molecule has 4 aliphatic rings. The van der Waals surface area contributed by atoms with E-state index in [9.17, 15) is 22.6 Å². The highest BCUT2D eigenvalue weighted by molar-refractivity contribution is 7.86. The zero-order valence-corrected chi connectivity index (χ0v) is 13.8. The SMILES string of the molecule is O=C(OC1C2CC3C(=O)OC1C3C2)OC(C1CCCC1)S(=O)(=O)O. The maximum absolute atomic E-state index is 12.1. The van der Waals surface area contributed by atoms with Gasteiger partial charge in [0, 0.05) is 17.8 Å². The molecule has 6 unspecified atom stereocenters. The maximum atomic E-state index is 12.1. The number of fused-ring (bicyclic) bond motifs is 1. The third-order valence-corrected chi connectivity index (χ3v) is 7.01. The zero-order chi connectivity index (χ0) is 17.1. The summed E-state index contributed by atoms with van der Waals surface area (Å²) in [6.07, 6.45) is 2.05. The van der Waals surface area contributed by atoms with Crippen LogP contribution in [0.4, 0.5) is 4.79 Å². The second kappa shape index (κ2) is 5.59. The van der Waals surface area contributed by atoms with Gasteiger partial charge in [0.25, 0.3) is 0 Å². The molecule has 4 fully saturated rings. The summed E-state index contributed by atoms with van der Waals surface area (Å²) in [6, 6.07) is 0. The Kier molecular flexibility index (Phi) is 3.76. The predicted octanol–water partition coefficient (Wildman–Crippen LogP) is 1.49. The van der Waals surface area contributed by atoms with Crippen molar-refractivity contribution in [2.75, 3.05) is 0 Å². The van der Waals surface area contributed by atoms with Gasteiger partial charge in [0.05, 0.1) is 5.92 Å². The second-order valence-electron chi connectivity index (χ2n) is 7.28. The predicted molar refractivity (Wildman–Crippen MR) is 78.2 cm³/mol. The fourth-order valence-corrected chi connectivity index (χ4v) is 5.89. The standard InChI is InChI=1S/C15H20O8S/c16-13-10-6-8-5-9(10)12(21-13)11(8)22-15(17)23-14(24(18,19)20)7-3-1-2-4-7/h7-12,14H,1-6H2,(H,18,19,20). The Morgan fingerprint density at radius 1 is 1.25 bits per heavy atom. The molecular weight excluding hydrogens is 340 g/mol. The van der Waals surface area contributed by atoms with Gasteiger partial charge in [0.15, 0.2) is 0 Å². The summed E-state index contributed by atoms with van der Waals surface area (Å²) < 4.78 is 48.0. The number of carbonyl (C=O) groups excluding carboxylic acids is 2. The zero-order valence-electron chi connectivity index (χ0n) is 13.0. The van der Waals surface area contributed by atoms with Crippen LogP contribution in [0.15, 0.2) is 0 Å². The summed E-state index contributed by atoms with van der Waals surface area (Å²) in [4.78, 5) is 23.8. The Bertz CT molecular complexity index is 652. The number of esters is 1. The first kappa shape index (κ1) is 16.1. The maximum Gasteiger partial charge on any atom is 0.510 e. The number of ether oxygens (including phenoxy) is 3. The number of hydrogen-bond donors (Lipinski definition) is 1. The van der Waals surface area contributed by atoms with Gasteiger partial charge in [-0.15, -0.1) is 0 Å². The van der Waals surface area contributed by atoms with Gasteiger partial charge in [-0.25, -0.2) is 4.79 Å². The molecule has 0 aromatic heterocycles. The van der Waals surface area contributed by atoms with E-state index >= 15 is 0 Å². The second-order valence-corrected chi connectivity index (χ2v) is 8.78. The quantitative estimate of drug-likeness (QED) is 0.592. The lowest BCUT2D eigenvalue weighted by atomic mass is 9.88. The highest BCUT2D eigenvalue weighted by Crippen LogP contribution is 2.55. The average molecular weight is 360 g/mol. The van der Waals surface area contributed by atoms with Gasteiger partial charge in [-0.1, -0.05) is 12.8 Å². The molecule has 0 aromatic rings. The van der Waals surface area contributed by atoms with Crippen LogP contribution in [0.2, 0.25) is 0 Å². The van der Waals surface area contributed by atoms with Gasteiger partial charge in [-0.2, -0.15) is 8.42 Å². The molecule has 8 nitrogen and oxygen atoms in total. The Morgan fingerprint density at radius 3 is 2.62 bits per heavy atom. The normalized spacial score (nSPS) is 39.0. The van der Waals surface area contributed by atoms with Crippen LogP contribution in [0, 0.1) is 23.7 Å². The van der Waals surface area contributed by atoms with Crippen LogP contribution in [-0.2, 0) is 29.1 Å². The molecule has 3 aliphatic carbocycles. The van der Waals surface area contributed by atoms with Crippen LogP contribution in [0.3, 0.4) is 0 Å². The van der Waals surface area contributed by atoms with Gasteiger partial charge < -0.3 is 14.2 Å². The third kappa shape index (κ3) is 2.57. The van der Waals surface area contributed by atoms with Crippen LogP contribution < -0.4 is 0 Å². The average Bonchev–Trinajstić information content (AvgIpc) is 3.22. The van der Waals surface area contributed by atoms with E-state index in [0.29, 0.717) is 19.3 Å². The first-order chi connectivity index (χ1) is 11.3. The monoisotopic (exact) mass is 360 g/mol.